The molecule has 0 radical (unpaired) electrons. The minimum atomic E-state index is 0.288. The smallest absolute Gasteiger partial charge is 0.155 e. The van der Waals surface area contributed by atoms with E-state index >= 15 is 0 Å². The van der Waals surface area contributed by atoms with Crippen LogP contribution >= 0.6 is 0 Å². The average Bonchev–Trinajstić information content (AvgIpc) is 2.99. The highest BCUT2D eigenvalue weighted by molar-refractivity contribution is 5.91. The van der Waals surface area contributed by atoms with Gasteiger partial charge in [-0.1, -0.05) is 25.8 Å². The third kappa shape index (κ3) is 2.16. The molecular formula is C22H31NO. The van der Waals surface area contributed by atoms with Gasteiger partial charge in [0.05, 0.1) is 12.0 Å². The normalized spacial score (nSPS) is 47.2. The van der Waals surface area contributed by atoms with Gasteiger partial charge < -0.3 is 0 Å². The highest BCUT2D eigenvalue weighted by atomic mass is 16.1. The molecule has 0 aliphatic heterocycles. The second kappa shape index (κ2) is 6.01. The molecule has 3 fully saturated rings. The maximum absolute atomic E-state index is 11.9. The van der Waals surface area contributed by atoms with Crippen molar-refractivity contribution in [2.75, 3.05) is 0 Å². The molecule has 0 amide bonds. The molecule has 0 aromatic carbocycles. The van der Waals surface area contributed by atoms with Gasteiger partial charge in [0.15, 0.2) is 5.78 Å². The Morgan fingerprint density at radius 2 is 2.08 bits per heavy atom. The van der Waals surface area contributed by atoms with Crippen LogP contribution in [-0.2, 0) is 4.79 Å². The van der Waals surface area contributed by atoms with E-state index in [1.54, 1.807) is 0 Å². The van der Waals surface area contributed by atoms with Crippen molar-refractivity contribution in [2.24, 2.45) is 40.9 Å². The number of ketones is 1. The molecule has 0 saturated heterocycles. The van der Waals surface area contributed by atoms with Crippen LogP contribution < -0.4 is 0 Å². The van der Waals surface area contributed by atoms with E-state index in [1.807, 2.05) is 6.08 Å². The second-order valence-corrected chi connectivity index (χ2v) is 8.94. The Morgan fingerprint density at radius 3 is 2.79 bits per heavy atom. The van der Waals surface area contributed by atoms with Crippen LogP contribution in [0.2, 0.25) is 0 Å². The van der Waals surface area contributed by atoms with E-state index in [2.05, 4.69) is 19.9 Å². The molecule has 0 aromatic rings. The van der Waals surface area contributed by atoms with E-state index < -0.39 is 0 Å². The maximum atomic E-state index is 11.9. The molecule has 2 heteroatoms. The molecule has 3 saturated carbocycles. The number of carbonyl (C=O) groups is 1. The monoisotopic (exact) mass is 325 g/mol. The van der Waals surface area contributed by atoms with Gasteiger partial charge >= 0.3 is 0 Å². The fourth-order valence-corrected chi connectivity index (χ4v) is 7.49. The summed E-state index contributed by atoms with van der Waals surface area (Å²) in [5.74, 6) is 4.40. The van der Waals surface area contributed by atoms with Gasteiger partial charge in [0, 0.05) is 6.42 Å². The third-order valence-electron chi connectivity index (χ3n) is 8.52. The quantitative estimate of drug-likeness (QED) is 0.691. The second-order valence-electron chi connectivity index (χ2n) is 8.94. The lowest BCUT2D eigenvalue weighted by molar-refractivity contribution is -0.116. The number of hydrogen-bond donors (Lipinski definition) is 0. The Hall–Kier alpha value is -1.10. The molecule has 0 N–H and O–H groups in total. The van der Waals surface area contributed by atoms with Gasteiger partial charge in [-0.15, -0.1) is 0 Å². The van der Waals surface area contributed by atoms with Crippen molar-refractivity contribution < 1.29 is 4.79 Å². The van der Waals surface area contributed by atoms with Crippen LogP contribution in [0.4, 0.5) is 0 Å². The number of nitriles is 1. The van der Waals surface area contributed by atoms with E-state index in [0.29, 0.717) is 17.1 Å². The number of allylic oxidation sites excluding steroid dienone is 1. The summed E-state index contributed by atoms with van der Waals surface area (Å²) in [4.78, 5) is 11.9. The Bertz CT molecular complexity index is 600. The van der Waals surface area contributed by atoms with Crippen molar-refractivity contribution in [1.82, 2.24) is 0 Å². The van der Waals surface area contributed by atoms with Crippen LogP contribution in [0.3, 0.4) is 0 Å². The Kier molecular flexibility index (Phi) is 4.10. The van der Waals surface area contributed by atoms with E-state index in [1.165, 1.54) is 37.7 Å². The number of hydrogen-bond acceptors (Lipinski definition) is 2. The highest BCUT2D eigenvalue weighted by Gasteiger charge is 2.59. The number of carbonyl (C=O) groups excluding carboxylic acids is 1. The van der Waals surface area contributed by atoms with Gasteiger partial charge in [-0.2, -0.15) is 5.26 Å². The van der Waals surface area contributed by atoms with Gasteiger partial charge in [0.1, 0.15) is 0 Å². The van der Waals surface area contributed by atoms with E-state index in [0.717, 1.165) is 49.4 Å². The van der Waals surface area contributed by atoms with Gasteiger partial charge in [-0.05, 0) is 86.0 Å². The zero-order valence-electron chi connectivity index (χ0n) is 15.3. The molecule has 4 rings (SSSR count). The average molecular weight is 325 g/mol. The summed E-state index contributed by atoms with van der Waals surface area (Å²) in [6.45, 7) is 4.67. The van der Waals surface area contributed by atoms with Crippen molar-refractivity contribution in [3.8, 4) is 6.07 Å². The summed E-state index contributed by atoms with van der Waals surface area (Å²) in [6.07, 6.45) is 12.4. The summed E-state index contributed by atoms with van der Waals surface area (Å²) in [6, 6.07) is 2.69. The van der Waals surface area contributed by atoms with E-state index in [-0.39, 0.29) is 5.92 Å². The van der Waals surface area contributed by atoms with E-state index in [4.69, 9.17) is 0 Å². The first-order chi connectivity index (χ1) is 11.6. The van der Waals surface area contributed by atoms with Crippen molar-refractivity contribution in [3.05, 3.63) is 11.6 Å². The largest absolute Gasteiger partial charge is 0.295 e. The molecule has 0 spiro atoms. The molecule has 4 aliphatic carbocycles. The minimum Gasteiger partial charge on any atom is -0.295 e. The topological polar surface area (TPSA) is 40.9 Å². The fourth-order valence-electron chi connectivity index (χ4n) is 7.49. The SMILES string of the molecule is CCC1CC2=CC(=O)CCC2C2CCC3(CC)C(C#N)CCC3C12. The van der Waals surface area contributed by atoms with E-state index in [9.17, 15) is 10.1 Å². The molecule has 7 atom stereocenters. The summed E-state index contributed by atoms with van der Waals surface area (Å²) in [5.41, 5.74) is 1.79. The Labute approximate surface area is 146 Å². The molecule has 2 nitrogen and oxygen atoms in total. The third-order valence-corrected chi connectivity index (χ3v) is 8.52. The van der Waals surface area contributed by atoms with Crippen LogP contribution in [-0.4, -0.2) is 5.78 Å². The Balaban J connectivity index is 1.71. The minimum absolute atomic E-state index is 0.288. The van der Waals surface area contributed by atoms with Crippen molar-refractivity contribution >= 4 is 5.78 Å². The molecule has 4 aliphatic rings. The summed E-state index contributed by atoms with van der Waals surface area (Å²) < 4.78 is 0. The van der Waals surface area contributed by atoms with Crippen LogP contribution in [0.15, 0.2) is 11.6 Å². The summed E-state index contributed by atoms with van der Waals surface area (Å²) in [7, 11) is 0. The molecule has 130 valence electrons. The first-order valence-corrected chi connectivity index (χ1v) is 10.3. The predicted molar refractivity (Wildman–Crippen MR) is 95.0 cm³/mol. The number of nitrogens with zero attached hydrogens (tertiary/aromatic N) is 1. The first-order valence-electron chi connectivity index (χ1n) is 10.3. The predicted octanol–water partition coefficient (Wildman–Crippen LogP) is 5.29. The molecular weight excluding hydrogens is 294 g/mol. The lowest BCUT2D eigenvalue weighted by Crippen LogP contribution is -2.50. The lowest BCUT2D eigenvalue weighted by atomic mass is 9.47. The highest BCUT2D eigenvalue weighted by Crippen LogP contribution is 2.66. The van der Waals surface area contributed by atoms with Crippen LogP contribution in [0.1, 0.15) is 71.6 Å². The van der Waals surface area contributed by atoms with Gasteiger partial charge in [-0.3, -0.25) is 4.79 Å². The zero-order valence-corrected chi connectivity index (χ0v) is 15.3. The van der Waals surface area contributed by atoms with Crippen molar-refractivity contribution in [1.29, 1.82) is 5.26 Å². The van der Waals surface area contributed by atoms with Crippen molar-refractivity contribution in [2.45, 2.75) is 71.6 Å². The zero-order chi connectivity index (χ0) is 16.9. The molecule has 0 aromatic heterocycles. The van der Waals surface area contributed by atoms with Gasteiger partial charge in [0.25, 0.3) is 0 Å². The summed E-state index contributed by atoms with van der Waals surface area (Å²) in [5, 5.41) is 9.74. The number of fused-ring (bicyclic) bond motifs is 5. The van der Waals surface area contributed by atoms with Crippen LogP contribution in [0, 0.1) is 52.3 Å². The van der Waals surface area contributed by atoms with Crippen molar-refractivity contribution in [3.63, 3.8) is 0 Å². The van der Waals surface area contributed by atoms with Crippen LogP contribution in [0.25, 0.3) is 0 Å². The molecule has 0 bridgehead atoms. The standard InChI is InChI=1S/C22H31NO/c1-3-14-11-15-12-17(24)6-7-18(15)19-9-10-22(4-2)16(13-23)5-8-20(22)21(14)19/h12,14,16,18-21H,3-11H2,1-2H3. The molecule has 0 heterocycles. The maximum Gasteiger partial charge on any atom is 0.155 e. The number of rotatable bonds is 2. The molecule has 24 heavy (non-hydrogen) atoms. The lowest BCUT2D eigenvalue weighted by Gasteiger charge is -2.57. The van der Waals surface area contributed by atoms with Gasteiger partial charge in [0.2, 0.25) is 0 Å². The Morgan fingerprint density at radius 1 is 1.25 bits per heavy atom. The fraction of sp³-hybridized carbons (Fsp3) is 0.818. The molecule has 7 unspecified atom stereocenters. The van der Waals surface area contributed by atoms with Crippen LogP contribution in [0.5, 0.6) is 0 Å². The summed E-state index contributed by atoms with van der Waals surface area (Å²) >= 11 is 0. The van der Waals surface area contributed by atoms with Gasteiger partial charge in [-0.25, -0.2) is 0 Å². The first kappa shape index (κ1) is 16.4.